The van der Waals surface area contributed by atoms with Crippen LogP contribution in [0.1, 0.15) is 0 Å². The summed E-state index contributed by atoms with van der Waals surface area (Å²) in [6, 6.07) is 0. The van der Waals surface area contributed by atoms with Crippen LogP contribution in [-0.2, 0) is 4.79 Å². The second-order valence-electron chi connectivity index (χ2n) is 3.20. The van der Waals surface area contributed by atoms with Crippen molar-refractivity contribution in [3.05, 3.63) is 0 Å². The van der Waals surface area contributed by atoms with Crippen LogP contribution < -0.4 is 5.73 Å². The molecule has 0 aliphatic rings. The maximum absolute atomic E-state index is 10.3. The van der Waals surface area contributed by atoms with Crippen molar-refractivity contribution in [1.82, 2.24) is 0 Å². The van der Waals surface area contributed by atoms with E-state index in [1.54, 1.807) is 0 Å². The van der Waals surface area contributed by atoms with Crippen molar-refractivity contribution in [3.63, 3.8) is 0 Å². The van der Waals surface area contributed by atoms with Crippen molar-refractivity contribution in [2.24, 2.45) is 5.73 Å². The van der Waals surface area contributed by atoms with Gasteiger partial charge in [-0.25, -0.2) is 0 Å². The van der Waals surface area contributed by atoms with Crippen LogP contribution in [0.4, 0.5) is 0 Å². The van der Waals surface area contributed by atoms with E-state index >= 15 is 0 Å². The van der Waals surface area contributed by atoms with Crippen LogP contribution in [0.3, 0.4) is 0 Å². The number of primary amides is 1. The number of hydrogen-bond acceptors (Lipinski definition) is 1. The van der Waals surface area contributed by atoms with E-state index in [1.807, 2.05) is 0 Å². The molecule has 0 aromatic heterocycles. The van der Waals surface area contributed by atoms with Gasteiger partial charge in [-0.05, 0) is 0 Å². The van der Waals surface area contributed by atoms with Crippen LogP contribution in [0.25, 0.3) is 0 Å². The van der Waals surface area contributed by atoms with Gasteiger partial charge in [0, 0.05) is 0 Å². The number of nitrogens with two attached hydrogens (primary N) is 1. The molecule has 8 heavy (non-hydrogen) atoms. The minimum atomic E-state index is -1.63. The summed E-state index contributed by atoms with van der Waals surface area (Å²) in [6.07, 6.45) is 0. The molecule has 0 atom stereocenters. The number of carbonyl (C=O) groups excluding carboxylic acids is 1. The number of carbonyl (C=O) groups is 1. The van der Waals surface area contributed by atoms with Crippen molar-refractivity contribution in [2.75, 3.05) is 0 Å². The SMILES string of the molecule is C[AsH](C)(C)CC(N)=O. The molecule has 1 amide bonds. The molecule has 0 aliphatic heterocycles. The van der Waals surface area contributed by atoms with E-state index in [0.29, 0.717) is 5.21 Å². The molecule has 0 radical (unpaired) electrons. The zero-order chi connectivity index (χ0) is 6.78. The average Bonchev–Trinajstić information content (AvgIpc) is 1.21. The van der Waals surface area contributed by atoms with Gasteiger partial charge in [-0.3, -0.25) is 0 Å². The summed E-state index contributed by atoms with van der Waals surface area (Å²) in [5.41, 5.74) is 11.5. The molecule has 2 nitrogen and oxygen atoms in total. The van der Waals surface area contributed by atoms with Gasteiger partial charge < -0.3 is 0 Å². The second-order valence-corrected chi connectivity index (χ2v) is 14.7. The van der Waals surface area contributed by atoms with Crippen LogP contribution in [0.2, 0.25) is 22.3 Å². The van der Waals surface area contributed by atoms with Crippen LogP contribution >= 0.6 is 0 Å². The first-order chi connectivity index (χ1) is 3.42. The third-order valence-electron chi connectivity index (χ3n) is 0.705. The molecule has 0 saturated heterocycles. The second kappa shape index (κ2) is 2.54. The van der Waals surface area contributed by atoms with Crippen molar-refractivity contribution in [3.8, 4) is 0 Å². The third-order valence-corrected chi connectivity index (χ3v) is 3.66. The Morgan fingerprint density at radius 2 is 1.88 bits per heavy atom. The van der Waals surface area contributed by atoms with Gasteiger partial charge in [-0.15, -0.1) is 0 Å². The molecular formula is C5H14AsNO. The summed E-state index contributed by atoms with van der Waals surface area (Å²) in [4.78, 5) is 10.3. The van der Waals surface area contributed by atoms with E-state index in [0.717, 1.165) is 0 Å². The zero-order valence-corrected chi connectivity index (χ0v) is 7.79. The molecule has 0 fully saturated rings. The summed E-state index contributed by atoms with van der Waals surface area (Å²) in [7, 11) is 0. The van der Waals surface area contributed by atoms with Gasteiger partial charge in [0.15, 0.2) is 0 Å². The quantitative estimate of drug-likeness (QED) is 0.617. The van der Waals surface area contributed by atoms with Crippen LogP contribution in [0.15, 0.2) is 0 Å². The average molecular weight is 179 g/mol. The monoisotopic (exact) mass is 179 g/mol. The third kappa shape index (κ3) is 6.03. The van der Waals surface area contributed by atoms with Gasteiger partial charge in [0.05, 0.1) is 0 Å². The van der Waals surface area contributed by atoms with E-state index in [9.17, 15) is 4.79 Å². The topological polar surface area (TPSA) is 43.1 Å². The molecule has 3 heteroatoms. The van der Waals surface area contributed by atoms with E-state index in [4.69, 9.17) is 5.73 Å². The summed E-state index contributed by atoms with van der Waals surface area (Å²) in [6.45, 7) is 0. The van der Waals surface area contributed by atoms with Crippen LogP contribution in [0.5, 0.6) is 0 Å². The van der Waals surface area contributed by atoms with Gasteiger partial charge in [0.2, 0.25) is 0 Å². The molecule has 0 rings (SSSR count). The Morgan fingerprint density at radius 3 is 1.88 bits per heavy atom. The fourth-order valence-electron chi connectivity index (χ4n) is 0.523. The summed E-state index contributed by atoms with van der Waals surface area (Å²) in [5, 5.41) is 0.653. The van der Waals surface area contributed by atoms with Gasteiger partial charge in [0.25, 0.3) is 0 Å². The summed E-state index contributed by atoms with van der Waals surface area (Å²) < 4.78 is 0. The predicted octanol–water partition coefficient (Wildman–Crippen LogP) is 0.542. The normalized spacial score (nSPS) is 13.4. The van der Waals surface area contributed by atoms with Gasteiger partial charge in [-0.1, -0.05) is 0 Å². The first-order valence-electron chi connectivity index (χ1n) is 2.70. The summed E-state index contributed by atoms with van der Waals surface area (Å²) >= 11 is -1.63. The van der Waals surface area contributed by atoms with E-state index in [1.165, 1.54) is 0 Å². The molecule has 0 aromatic carbocycles. The van der Waals surface area contributed by atoms with Crippen molar-refractivity contribution in [1.29, 1.82) is 0 Å². The Hall–Kier alpha value is 0.0284. The molecule has 0 aromatic rings. The Morgan fingerprint density at radius 1 is 1.50 bits per heavy atom. The van der Waals surface area contributed by atoms with E-state index in [-0.39, 0.29) is 5.91 Å². The van der Waals surface area contributed by atoms with Crippen LogP contribution in [-0.4, -0.2) is 19.5 Å². The molecule has 2 N–H and O–H groups in total. The Kier molecular flexibility index (Phi) is 2.55. The molecule has 0 bridgehead atoms. The molecule has 0 spiro atoms. The fourth-order valence-corrected chi connectivity index (χ4v) is 2.72. The van der Waals surface area contributed by atoms with Crippen molar-refractivity contribution >= 4 is 19.5 Å². The number of amides is 1. The zero-order valence-electron chi connectivity index (χ0n) is 5.69. The number of rotatable bonds is 2. The Labute approximate surface area is 52.9 Å². The van der Waals surface area contributed by atoms with Crippen molar-refractivity contribution < 1.29 is 4.79 Å². The number of hydrogen-bond donors (Lipinski definition) is 1. The maximum atomic E-state index is 10.3. The van der Waals surface area contributed by atoms with Crippen LogP contribution in [0, 0.1) is 0 Å². The summed E-state index contributed by atoms with van der Waals surface area (Å²) in [5.74, 6) is -0.141. The first kappa shape index (κ1) is 8.03. The molecule has 0 saturated carbocycles. The molecule has 0 unspecified atom stereocenters. The van der Waals surface area contributed by atoms with E-state index < -0.39 is 13.6 Å². The van der Waals surface area contributed by atoms with E-state index in [2.05, 4.69) is 17.1 Å². The molecule has 0 heterocycles. The predicted molar refractivity (Wildman–Crippen MR) is 38.7 cm³/mol. The minimum absolute atomic E-state index is 0.141. The molecular weight excluding hydrogens is 165 g/mol. The van der Waals surface area contributed by atoms with Gasteiger partial charge in [0.1, 0.15) is 0 Å². The van der Waals surface area contributed by atoms with Gasteiger partial charge >= 0.3 is 52.3 Å². The first-order valence-corrected chi connectivity index (χ1v) is 10.5. The molecule has 50 valence electrons. The molecule has 0 aliphatic carbocycles. The Bertz CT molecular complexity index is 95.1. The van der Waals surface area contributed by atoms with Crippen molar-refractivity contribution in [2.45, 2.75) is 22.3 Å². The Balaban J connectivity index is 3.55. The van der Waals surface area contributed by atoms with Gasteiger partial charge in [-0.2, -0.15) is 0 Å². The standard InChI is InChI=1S/C5H14AsNO/c1-6(2,3)4-5(7)8/h6H,4H2,1-3H3,(H2,7,8). The fraction of sp³-hybridized carbons (Fsp3) is 0.800.